The zero-order valence-corrected chi connectivity index (χ0v) is 12.8. The summed E-state index contributed by atoms with van der Waals surface area (Å²) in [4.78, 5) is 2.37. The van der Waals surface area contributed by atoms with Crippen LogP contribution < -0.4 is 10.2 Å². The minimum absolute atomic E-state index is 0.622. The average molecular weight is 292 g/mol. The van der Waals surface area contributed by atoms with Crippen molar-refractivity contribution in [2.45, 2.75) is 26.2 Å². The highest BCUT2D eigenvalue weighted by Gasteiger charge is 2.18. The normalized spacial score (nSPS) is 15.8. The van der Waals surface area contributed by atoms with E-state index in [0.29, 0.717) is 10.6 Å². The van der Waals surface area contributed by atoms with Gasteiger partial charge in [-0.05, 0) is 56.5 Å². The molecule has 2 rings (SSSR count). The summed E-state index contributed by atoms with van der Waals surface area (Å²) in [6, 6.07) is 7.74. The van der Waals surface area contributed by atoms with Gasteiger partial charge in [-0.3, -0.25) is 0 Å². The summed E-state index contributed by atoms with van der Waals surface area (Å²) in [5, 5.41) is 13.0. The molecular formula is C16H22ClN3. The highest BCUT2D eigenvalue weighted by atomic mass is 35.5. The van der Waals surface area contributed by atoms with Crippen LogP contribution in [0.15, 0.2) is 18.2 Å². The van der Waals surface area contributed by atoms with Crippen molar-refractivity contribution in [3.63, 3.8) is 0 Å². The van der Waals surface area contributed by atoms with Crippen LogP contribution in [0.25, 0.3) is 0 Å². The van der Waals surface area contributed by atoms with Gasteiger partial charge in [0.2, 0.25) is 0 Å². The van der Waals surface area contributed by atoms with Gasteiger partial charge in [-0.2, -0.15) is 5.26 Å². The van der Waals surface area contributed by atoms with Crippen molar-refractivity contribution < 1.29 is 0 Å². The van der Waals surface area contributed by atoms with Crippen LogP contribution >= 0.6 is 11.6 Å². The largest absolute Gasteiger partial charge is 0.370 e. The molecule has 0 aromatic heterocycles. The predicted molar refractivity (Wildman–Crippen MR) is 84.3 cm³/mol. The van der Waals surface area contributed by atoms with Crippen molar-refractivity contribution in [2.24, 2.45) is 5.92 Å². The lowest BCUT2D eigenvalue weighted by Crippen LogP contribution is -2.36. The van der Waals surface area contributed by atoms with E-state index in [1.54, 1.807) is 6.07 Å². The van der Waals surface area contributed by atoms with Gasteiger partial charge in [0.1, 0.15) is 0 Å². The molecule has 0 amide bonds. The predicted octanol–water partition coefficient (Wildman–Crippen LogP) is 3.43. The van der Waals surface area contributed by atoms with Gasteiger partial charge in [-0.25, -0.2) is 0 Å². The Morgan fingerprint density at radius 3 is 2.75 bits per heavy atom. The Kier molecular flexibility index (Phi) is 5.70. The summed E-state index contributed by atoms with van der Waals surface area (Å²) >= 11 is 6.35. The van der Waals surface area contributed by atoms with Crippen LogP contribution in [0.2, 0.25) is 5.02 Å². The van der Waals surface area contributed by atoms with Crippen LogP contribution in [0.4, 0.5) is 5.69 Å². The lowest BCUT2D eigenvalue weighted by molar-refractivity contribution is 0.373. The van der Waals surface area contributed by atoms with Crippen LogP contribution in [0.5, 0.6) is 0 Å². The van der Waals surface area contributed by atoms with E-state index in [1.807, 2.05) is 12.1 Å². The number of halogens is 1. The van der Waals surface area contributed by atoms with E-state index in [9.17, 15) is 0 Å². The SMILES string of the molecule is CCCN(CC1CCNCC1)c1ccc(C#N)cc1Cl. The topological polar surface area (TPSA) is 39.1 Å². The van der Waals surface area contributed by atoms with E-state index >= 15 is 0 Å². The minimum Gasteiger partial charge on any atom is -0.370 e. The van der Waals surface area contributed by atoms with E-state index in [1.165, 1.54) is 12.8 Å². The Morgan fingerprint density at radius 1 is 1.40 bits per heavy atom. The van der Waals surface area contributed by atoms with Crippen molar-refractivity contribution in [3.8, 4) is 6.07 Å². The highest BCUT2D eigenvalue weighted by Crippen LogP contribution is 2.28. The zero-order chi connectivity index (χ0) is 14.4. The van der Waals surface area contributed by atoms with E-state index in [-0.39, 0.29) is 0 Å². The van der Waals surface area contributed by atoms with Gasteiger partial charge < -0.3 is 10.2 Å². The fourth-order valence-corrected chi connectivity index (χ4v) is 3.09. The number of nitrogens with zero attached hydrogens (tertiary/aromatic N) is 2. The fourth-order valence-electron chi connectivity index (χ4n) is 2.79. The molecule has 1 heterocycles. The number of nitriles is 1. The first-order chi connectivity index (χ1) is 9.74. The summed E-state index contributed by atoms with van der Waals surface area (Å²) in [5.41, 5.74) is 1.68. The van der Waals surface area contributed by atoms with Crippen molar-refractivity contribution in [2.75, 3.05) is 31.1 Å². The monoisotopic (exact) mass is 291 g/mol. The third-order valence-corrected chi connectivity index (χ3v) is 4.15. The third-order valence-electron chi connectivity index (χ3n) is 3.85. The number of hydrogen-bond donors (Lipinski definition) is 1. The standard InChI is InChI=1S/C16H22ClN3/c1-2-9-20(12-13-5-7-19-8-6-13)16-4-3-14(11-18)10-15(16)17/h3-4,10,13,19H,2,5-9,12H2,1H3. The molecule has 1 saturated heterocycles. The van der Waals surface area contributed by atoms with Crippen LogP contribution in [0.1, 0.15) is 31.7 Å². The summed E-state index contributed by atoms with van der Waals surface area (Å²) in [5.74, 6) is 0.731. The van der Waals surface area contributed by atoms with Crippen molar-refractivity contribution >= 4 is 17.3 Å². The summed E-state index contributed by atoms with van der Waals surface area (Å²) in [6.07, 6.45) is 3.56. The molecule has 0 aliphatic carbocycles. The second kappa shape index (κ2) is 7.52. The molecule has 20 heavy (non-hydrogen) atoms. The Balaban J connectivity index is 2.12. The number of rotatable bonds is 5. The first-order valence-electron chi connectivity index (χ1n) is 7.40. The van der Waals surface area contributed by atoms with Crippen LogP contribution in [0, 0.1) is 17.2 Å². The van der Waals surface area contributed by atoms with Gasteiger partial charge in [0, 0.05) is 13.1 Å². The summed E-state index contributed by atoms with van der Waals surface area (Å²) in [7, 11) is 0. The van der Waals surface area contributed by atoms with Gasteiger partial charge in [0.05, 0.1) is 22.3 Å². The van der Waals surface area contributed by atoms with Gasteiger partial charge in [0.25, 0.3) is 0 Å². The lowest BCUT2D eigenvalue weighted by atomic mass is 9.97. The molecule has 0 unspecified atom stereocenters. The maximum absolute atomic E-state index is 8.93. The van der Waals surface area contributed by atoms with E-state index < -0.39 is 0 Å². The van der Waals surface area contributed by atoms with Gasteiger partial charge in [-0.1, -0.05) is 18.5 Å². The maximum atomic E-state index is 8.93. The molecule has 1 N–H and O–H groups in total. The number of hydrogen-bond acceptors (Lipinski definition) is 3. The van der Waals surface area contributed by atoms with Crippen molar-refractivity contribution in [3.05, 3.63) is 28.8 Å². The zero-order valence-electron chi connectivity index (χ0n) is 12.0. The molecule has 1 aromatic carbocycles. The lowest BCUT2D eigenvalue weighted by Gasteiger charge is -2.32. The summed E-state index contributed by atoms with van der Waals surface area (Å²) < 4.78 is 0. The van der Waals surface area contributed by atoms with E-state index in [2.05, 4.69) is 23.2 Å². The molecule has 0 radical (unpaired) electrons. The molecule has 0 spiro atoms. The van der Waals surface area contributed by atoms with Crippen molar-refractivity contribution in [1.29, 1.82) is 5.26 Å². The van der Waals surface area contributed by atoms with Crippen LogP contribution in [-0.4, -0.2) is 26.2 Å². The Bertz CT molecular complexity index is 475. The average Bonchev–Trinajstić information content (AvgIpc) is 2.48. The highest BCUT2D eigenvalue weighted by molar-refractivity contribution is 6.33. The number of anilines is 1. The number of piperidine rings is 1. The Morgan fingerprint density at radius 2 is 2.15 bits per heavy atom. The minimum atomic E-state index is 0.622. The quantitative estimate of drug-likeness (QED) is 0.903. The fraction of sp³-hybridized carbons (Fsp3) is 0.562. The molecule has 0 saturated carbocycles. The molecule has 1 fully saturated rings. The van der Waals surface area contributed by atoms with Gasteiger partial charge >= 0.3 is 0 Å². The molecular weight excluding hydrogens is 270 g/mol. The molecule has 1 aliphatic heterocycles. The van der Waals surface area contributed by atoms with Crippen molar-refractivity contribution in [1.82, 2.24) is 5.32 Å². The molecule has 0 atom stereocenters. The molecule has 4 heteroatoms. The van der Waals surface area contributed by atoms with Crippen LogP contribution in [0.3, 0.4) is 0 Å². The smallest absolute Gasteiger partial charge is 0.0992 e. The van der Waals surface area contributed by atoms with Gasteiger partial charge in [-0.15, -0.1) is 0 Å². The van der Waals surface area contributed by atoms with Gasteiger partial charge in [0.15, 0.2) is 0 Å². The first kappa shape index (κ1) is 15.2. The second-order valence-corrected chi connectivity index (χ2v) is 5.82. The second-order valence-electron chi connectivity index (χ2n) is 5.42. The summed E-state index contributed by atoms with van der Waals surface area (Å²) in [6.45, 7) is 6.49. The first-order valence-corrected chi connectivity index (χ1v) is 7.77. The third kappa shape index (κ3) is 3.88. The number of benzene rings is 1. The number of nitrogens with one attached hydrogen (secondary N) is 1. The molecule has 3 nitrogen and oxygen atoms in total. The maximum Gasteiger partial charge on any atom is 0.0992 e. The molecule has 1 aromatic rings. The van der Waals surface area contributed by atoms with Crippen LogP contribution in [-0.2, 0) is 0 Å². The Hall–Kier alpha value is -1.24. The van der Waals surface area contributed by atoms with E-state index in [4.69, 9.17) is 16.9 Å². The molecule has 1 aliphatic rings. The Labute approximate surface area is 126 Å². The molecule has 108 valence electrons. The molecule has 0 bridgehead atoms. The van der Waals surface area contributed by atoms with E-state index in [0.717, 1.165) is 44.2 Å².